The molecule has 4 rings (SSSR count). The first-order chi connectivity index (χ1) is 16.4. The Morgan fingerprint density at radius 2 is 1.83 bits per heavy atom. The molecule has 8 heteroatoms. The lowest BCUT2D eigenvalue weighted by Gasteiger charge is -2.61. The average Bonchev–Trinajstić information content (AvgIpc) is 3.07. The number of Topliss-reactive ketones (excluding diaryl/α,β-unsaturated/α-hetero) is 1. The summed E-state index contributed by atoms with van der Waals surface area (Å²) in [7, 11) is 0. The maximum absolute atomic E-state index is 12.7. The number of hydrogen-bond donors (Lipinski definition) is 4. The van der Waals surface area contributed by atoms with E-state index in [-0.39, 0.29) is 36.4 Å². The van der Waals surface area contributed by atoms with Gasteiger partial charge in [-0.2, -0.15) is 0 Å². The molecule has 3 saturated carbocycles. The van der Waals surface area contributed by atoms with Crippen LogP contribution >= 0.6 is 0 Å². The minimum Gasteiger partial charge on any atom is -0.480 e. The third kappa shape index (κ3) is 3.51. The Hall–Kier alpha value is -1.87. The van der Waals surface area contributed by atoms with Crippen molar-refractivity contribution in [3.05, 3.63) is 23.3 Å². The van der Waals surface area contributed by atoms with Crippen molar-refractivity contribution in [3.8, 4) is 0 Å². The van der Waals surface area contributed by atoms with E-state index in [4.69, 9.17) is 0 Å². The van der Waals surface area contributed by atoms with Gasteiger partial charge in [-0.1, -0.05) is 33.3 Å². The summed E-state index contributed by atoms with van der Waals surface area (Å²) in [6.45, 7) is 7.87. The molecule has 4 N–H and O–H groups in total. The summed E-state index contributed by atoms with van der Waals surface area (Å²) < 4.78 is 0. The molecule has 0 aromatic rings. The number of hydrogen-bond acceptors (Lipinski definition) is 7. The van der Waals surface area contributed by atoms with Crippen LogP contribution in [0.4, 0.5) is 0 Å². The minimum absolute atomic E-state index is 0.0610. The van der Waals surface area contributed by atoms with Crippen molar-refractivity contribution in [2.75, 3.05) is 19.7 Å². The molecule has 0 aliphatic heterocycles. The van der Waals surface area contributed by atoms with Gasteiger partial charge in [0.25, 0.3) is 0 Å². The lowest BCUT2D eigenvalue weighted by atomic mass is 9.44. The summed E-state index contributed by atoms with van der Waals surface area (Å²) >= 11 is 0. The van der Waals surface area contributed by atoms with Gasteiger partial charge in [-0.3, -0.25) is 19.3 Å². The first-order valence-corrected chi connectivity index (χ1v) is 12.9. The molecule has 0 aromatic heterocycles. The normalized spacial score (nSPS) is 41.4. The Morgan fingerprint density at radius 3 is 2.40 bits per heavy atom. The topological polar surface area (TPSA) is 135 Å². The Kier molecular flexibility index (Phi) is 6.67. The number of carbonyl (C=O) groups is 3. The van der Waals surface area contributed by atoms with Crippen LogP contribution in [-0.2, 0) is 14.4 Å². The van der Waals surface area contributed by atoms with Gasteiger partial charge < -0.3 is 20.4 Å². The number of aliphatic hydroxyl groups excluding tert-OH is 2. The number of fused-ring (bicyclic) bond motifs is 5. The van der Waals surface area contributed by atoms with E-state index in [2.05, 4.69) is 0 Å². The van der Waals surface area contributed by atoms with Gasteiger partial charge in [0.1, 0.15) is 18.2 Å². The van der Waals surface area contributed by atoms with Gasteiger partial charge in [-0.15, -0.1) is 0 Å². The quantitative estimate of drug-likeness (QED) is 0.425. The fourth-order valence-electron chi connectivity index (χ4n) is 8.51. The number of ketones is 2. The zero-order valence-electron chi connectivity index (χ0n) is 21.2. The van der Waals surface area contributed by atoms with Gasteiger partial charge >= 0.3 is 5.97 Å². The predicted molar refractivity (Wildman–Crippen MR) is 128 cm³/mol. The van der Waals surface area contributed by atoms with E-state index >= 15 is 0 Å². The summed E-state index contributed by atoms with van der Waals surface area (Å²) in [6, 6.07) is -0.988. The highest BCUT2D eigenvalue weighted by atomic mass is 16.4. The molecule has 8 nitrogen and oxygen atoms in total. The number of carbonyl (C=O) groups excluding carboxylic acids is 2. The maximum atomic E-state index is 12.7. The molecule has 0 aromatic carbocycles. The standard InChI is InChI=1S/C27H39NO7/c1-5-28(6-2)23(24(33)34)19-12-16(30)11-15-7-8-17-18-9-10-27(35,21(32)14-29)25(18,3)13-20(31)22(17)26(15,19)4/h11-12,17-18,20,22-23,29,31,35H,5-10,13-14H2,1-4H3,(H,33,34)/t17-,18-,20-,22+,23?,25-,26+,27-/m0/s1. The molecule has 0 saturated heterocycles. The average molecular weight is 490 g/mol. The Bertz CT molecular complexity index is 984. The number of rotatable bonds is 7. The number of aliphatic hydroxyl groups is 3. The van der Waals surface area contributed by atoms with Crippen molar-refractivity contribution >= 4 is 17.5 Å². The van der Waals surface area contributed by atoms with Crippen LogP contribution in [-0.4, -0.2) is 80.3 Å². The van der Waals surface area contributed by atoms with E-state index in [0.29, 0.717) is 37.9 Å². The smallest absolute Gasteiger partial charge is 0.325 e. The van der Waals surface area contributed by atoms with Crippen LogP contribution in [0.3, 0.4) is 0 Å². The van der Waals surface area contributed by atoms with Gasteiger partial charge in [0.05, 0.1) is 6.10 Å². The third-order valence-corrected chi connectivity index (χ3v) is 10.2. The van der Waals surface area contributed by atoms with E-state index < -0.39 is 46.9 Å². The van der Waals surface area contributed by atoms with Crippen LogP contribution in [0.1, 0.15) is 59.8 Å². The molecule has 4 aliphatic rings. The lowest BCUT2D eigenvalue weighted by molar-refractivity contribution is -0.180. The second-order valence-electron chi connectivity index (χ2n) is 11.3. The summed E-state index contributed by atoms with van der Waals surface area (Å²) in [5, 5.41) is 43.0. The number of carboxylic acid groups (broad SMARTS) is 1. The van der Waals surface area contributed by atoms with Crippen LogP contribution in [0.25, 0.3) is 0 Å². The fraction of sp³-hybridized carbons (Fsp3) is 0.741. The highest BCUT2D eigenvalue weighted by Crippen LogP contribution is 2.68. The summed E-state index contributed by atoms with van der Waals surface area (Å²) in [4.78, 5) is 39.8. The zero-order valence-corrected chi connectivity index (χ0v) is 21.2. The second-order valence-corrected chi connectivity index (χ2v) is 11.3. The fourth-order valence-corrected chi connectivity index (χ4v) is 8.51. The lowest BCUT2D eigenvalue weighted by Crippen LogP contribution is -2.63. The molecule has 35 heavy (non-hydrogen) atoms. The SMILES string of the molecule is CCN(CC)C(C(=O)O)C1=CC(=O)C=C2CC[C@@H]3[C@H]([C@@H](O)C[C@@]4(C)[C@H]3CC[C@]4(O)C(=O)CO)[C@]21C. The Morgan fingerprint density at radius 1 is 1.17 bits per heavy atom. The Balaban J connectivity index is 1.83. The summed E-state index contributed by atoms with van der Waals surface area (Å²) in [5.41, 5.74) is -2.02. The van der Waals surface area contributed by atoms with Crippen molar-refractivity contribution in [2.24, 2.45) is 28.6 Å². The van der Waals surface area contributed by atoms with Crippen molar-refractivity contribution < 1.29 is 34.8 Å². The van der Waals surface area contributed by atoms with Gasteiger partial charge in [0.2, 0.25) is 0 Å². The molecule has 3 fully saturated rings. The van der Waals surface area contributed by atoms with E-state index in [1.807, 2.05) is 32.6 Å². The van der Waals surface area contributed by atoms with E-state index in [9.17, 15) is 34.8 Å². The predicted octanol–water partition coefficient (Wildman–Crippen LogP) is 1.72. The number of allylic oxidation sites excluding steroid dienone is 3. The molecular weight excluding hydrogens is 450 g/mol. The van der Waals surface area contributed by atoms with E-state index in [1.54, 1.807) is 6.08 Å². The molecular formula is C27H39NO7. The third-order valence-electron chi connectivity index (χ3n) is 10.2. The van der Waals surface area contributed by atoms with Gasteiger partial charge in [0.15, 0.2) is 11.6 Å². The van der Waals surface area contributed by atoms with Crippen LogP contribution in [0, 0.1) is 28.6 Å². The first kappa shape index (κ1) is 26.2. The number of carboxylic acids is 1. The monoisotopic (exact) mass is 489 g/mol. The number of nitrogens with zero attached hydrogens (tertiary/aromatic N) is 1. The van der Waals surface area contributed by atoms with Crippen molar-refractivity contribution in [1.29, 1.82) is 0 Å². The van der Waals surface area contributed by atoms with Gasteiger partial charge in [-0.25, -0.2) is 0 Å². The van der Waals surface area contributed by atoms with E-state index in [1.165, 1.54) is 6.08 Å². The van der Waals surface area contributed by atoms with Crippen LogP contribution in [0.15, 0.2) is 23.3 Å². The maximum Gasteiger partial charge on any atom is 0.325 e. The van der Waals surface area contributed by atoms with Crippen molar-refractivity contribution in [1.82, 2.24) is 4.90 Å². The van der Waals surface area contributed by atoms with Crippen molar-refractivity contribution in [3.63, 3.8) is 0 Å². The summed E-state index contributed by atoms with van der Waals surface area (Å²) in [6.07, 6.45) is 4.46. The molecule has 4 aliphatic carbocycles. The minimum atomic E-state index is -1.69. The van der Waals surface area contributed by atoms with Crippen LogP contribution in [0.5, 0.6) is 0 Å². The molecule has 0 spiro atoms. The molecule has 1 unspecified atom stereocenters. The molecule has 0 amide bonds. The van der Waals surface area contributed by atoms with E-state index in [0.717, 1.165) is 5.57 Å². The van der Waals surface area contributed by atoms with Gasteiger partial charge in [0, 0.05) is 16.7 Å². The number of likely N-dealkylation sites (N-methyl/N-ethyl adjacent to an activating group) is 1. The van der Waals surface area contributed by atoms with Crippen molar-refractivity contribution in [2.45, 2.75) is 77.5 Å². The first-order valence-electron chi connectivity index (χ1n) is 12.9. The summed E-state index contributed by atoms with van der Waals surface area (Å²) in [5.74, 6) is -2.31. The molecule has 194 valence electrons. The molecule has 0 radical (unpaired) electrons. The second kappa shape index (κ2) is 8.91. The molecule has 0 bridgehead atoms. The largest absolute Gasteiger partial charge is 0.480 e. The molecule has 0 heterocycles. The highest BCUT2D eigenvalue weighted by Gasteiger charge is 2.69. The van der Waals surface area contributed by atoms with Gasteiger partial charge in [-0.05, 0) is 74.8 Å². The number of aliphatic carboxylic acids is 1. The zero-order chi connectivity index (χ0) is 25.9. The van der Waals surface area contributed by atoms with Crippen LogP contribution in [0.2, 0.25) is 0 Å². The highest BCUT2D eigenvalue weighted by molar-refractivity contribution is 6.03. The molecule has 8 atom stereocenters. The Labute approximate surface area is 206 Å². The van der Waals surface area contributed by atoms with Crippen LogP contribution < -0.4 is 0 Å².